The first-order chi connectivity index (χ1) is 8.02. The summed E-state index contributed by atoms with van der Waals surface area (Å²) in [6, 6.07) is 0.501. The van der Waals surface area contributed by atoms with Crippen molar-refractivity contribution in [2.75, 3.05) is 22.9 Å². The summed E-state index contributed by atoms with van der Waals surface area (Å²) in [5.41, 5.74) is 7.69. The van der Waals surface area contributed by atoms with E-state index >= 15 is 0 Å². The van der Waals surface area contributed by atoms with Crippen LogP contribution in [0.15, 0.2) is 10.7 Å². The van der Waals surface area contributed by atoms with Gasteiger partial charge in [-0.3, -0.25) is 0 Å². The molecule has 3 nitrogen and oxygen atoms in total. The normalized spacial score (nSPS) is 25.1. The van der Waals surface area contributed by atoms with Crippen LogP contribution in [0.25, 0.3) is 0 Å². The molecule has 1 aliphatic heterocycles. The van der Waals surface area contributed by atoms with E-state index in [0.717, 1.165) is 33.8 Å². The van der Waals surface area contributed by atoms with Gasteiger partial charge in [-0.05, 0) is 35.3 Å². The molecule has 0 amide bonds. The van der Waals surface area contributed by atoms with Gasteiger partial charge in [0.25, 0.3) is 0 Å². The molecule has 0 bridgehead atoms. The Morgan fingerprint density at radius 3 is 2.94 bits per heavy atom. The number of nitrogens with zero attached hydrogens (tertiary/aromatic N) is 2. The molecule has 2 heterocycles. The van der Waals surface area contributed by atoms with Gasteiger partial charge in [0.15, 0.2) is 0 Å². The number of hydrogen-bond donors (Lipinski definition) is 1. The molecule has 0 aliphatic carbocycles. The zero-order chi connectivity index (χ0) is 12.6. The third-order valence-electron chi connectivity index (χ3n) is 3.44. The average Bonchev–Trinajstić information content (AvgIpc) is 2.31. The van der Waals surface area contributed by atoms with Gasteiger partial charge >= 0.3 is 0 Å². The SMILES string of the molecule is Cc1c(N)cnc(N2CCSC(C)C2C)c1Br. The first-order valence-corrected chi connectivity index (χ1v) is 7.65. The second kappa shape index (κ2) is 5.06. The Labute approximate surface area is 115 Å². The molecule has 1 saturated heterocycles. The van der Waals surface area contributed by atoms with Gasteiger partial charge in [-0.1, -0.05) is 6.92 Å². The van der Waals surface area contributed by atoms with Gasteiger partial charge in [0.2, 0.25) is 0 Å². The van der Waals surface area contributed by atoms with Crippen LogP contribution in [0.3, 0.4) is 0 Å². The highest BCUT2D eigenvalue weighted by Crippen LogP contribution is 2.35. The highest BCUT2D eigenvalue weighted by Gasteiger charge is 2.27. The van der Waals surface area contributed by atoms with Gasteiger partial charge in [-0.25, -0.2) is 4.98 Å². The van der Waals surface area contributed by atoms with E-state index in [9.17, 15) is 0 Å². The van der Waals surface area contributed by atoms with Crippen molar-refractivity contribution in [2.24, 2.45) is 0 Å². The maximum Gasteiger partial charge on any atom is 0.143 e. The predicted molar refractivity (Wildman–Crippen MR) is 79.8 cm³/mol. The van der Waals surface area contributed by atoms with Crippen molar-refractivity contribution < 1.29 is 0 Å². The van der Waals surface area contributed by atoms with Crippen molar-refractivity contribution >= 4 is 39.2 Å². The van der Waals surface area contributed by atoms with Gasteiger partial charge < -0.3 is 10.6 Å². The fourth-order valence-corrected chi connectivity index (χ4v) is 3.67. The molecule has 5 heteroatoms. The Morgan fingerprint density at radius 1 is 1.53 bits per heavy atom. The number of pyridine rings is 1. The van der Waals surface area contributed by atoms with Crippen LogP contribution in [-0.4, -0.2) is 28.6 Å². The van der Waals surface area contributed by atoms with E-state index in [2.05, 4.69) is 39.7 Å². The molecule has 0 saturated carbocycles. The van der Waals surface area contributed by atoms with Crippen molar-refractivity contribution in [3.63, 3.8) is 0 Å². The molecule has 1 fully saturated rings. The molecule has 17 heavy (non-hydrogen) atoms. The zero-order valence-corrected chi connectivity index (χ0v) is 12.8. The molecule has 2 rings (SSSR count). The van der Waals surface area contributed by atoms with E-state index in [1.165, 1.54) is 0 Å². The molecule has 1 aromatic heterocycles. The maximum absolute atomic E-state index is 5.87. The van der Waals surface area contributed by atoms with Crippen molar-refractivity contribution in [2.45, 2.75) is 32.1 Å². The van der Waals surface area contributed by atoms with E-state index in [1.54, 1.807) is 6.20 Å². The standard InChI is InChI=1S/C12H18BrN3S/c1-7-10(14)6-15-12(11(7)13)16-4-5-17-9(3)8(16)2/h6,8-9H,4-5,14H2,1-3H3. The van der Waals surface area contributed by atoms with E-state index in [-0.39, 0.29) is 0 Å². The number of aromatic nitrogens is 1. The summed E-state index contributed by atoms with van der Waals surface area (Å²) >= 11 is 5.65. The number of hydrogen-bond acceptors (Lipinski definition) is 4. The van der Waals surface area contributed by atoms with Crippen molar-refractivity contribution in [1.82, 2.24) is 4.98 Å². The Morgan fingerprint density at radius 2 is 2.24 bits per heavy atom. The van der Waals surface area contributed by atoms with Crippen molar-refractivity contribution in [3.8, 4) is 0 Å². The minimum atomic E-state index is 0.501. The van der Waals surface area contributed by atoms with Crippen LogP contribution in [0.2, 0.25) is 0 Å². The molecule has 1 aliphatic rings. The topological polar surface area (TPSA) is 42.1 Å². The van der Waals surface area contributed by atoms with Crippen molar-refractivity contribution in [3.05, 3.63) is 16.2 Å². The lowest BCUT2D eigenvalue weighted by molar-refractivity contribution is 0.619. The van der Waals surface area contributed by atoms with Crippen LogP contribution in [0, 0.1) is 6.92 Å². The first-order valence-electron chi connectivity index (χ1n) is 5.81. The summed E-state index contributed by atoms with van der Waals surface area (Å²) in [6.45, 7) is 7.61. The molecular formula is C12H18BrN3S. The lowest BCUT2D eigenvalue weighted by Gasteiger charge is -2.39. The predicted octanol–water partition coefficient (Wildman–Crippen LogP) is 3.06. The van der Waals surface area contributed by atoms with Crippen LogP contribution < -0.4 is 10.6 Å². The van der Waals surface area contributed by atoms with Gasteiger partial charge in [0.1, 0.15) is 5.82 Å². The largest absolute Gasteiger partial charge is 0.397 e. The van der Waals surface area contributed by atoms with Crippen LogP contribution in [0.1, 0.15) is 19.4 Å². The Balaban J connectivity index is 2.37. The zero-order valence-electron chi connectivity index (χ0n) is 10.4. The van der Waals surface area contributed by atoms with Crippen LogP contribution in [-0.2, 0) is 0 Å². The number of nitrogen functional groups attached to an aromatic ring is 1. The number of anilines is 2. The van der Waals surface area contributed by atoms with Gasteiger partial charge in [-0.15, -0.1) is 0 Å². The van der Waals surface area contributed by atoms with E-state index in [0.29, 0.717) is 11.3 Å². The fourth-order valence-electron chi connectivity index (χ4n) is 2.01. The molecule has 2 atom stereocenters. The maximum atomic E-state index is 5.87. The molecule has 0 aromatic carbocycles. The quantitative estimate of drug-likeness (QED) is 0.865. The number of halogens is 1. The van der Waals surface area contributed by atoms with E-state index < -0.39 is 0 Å². The van der Waals surface area contributed by atoms with Crippen LogP contribution >= 0.6 is 27.7 Å². The van der Waals surface area contributed by atoms with Gasteiger partial charge in [0, 0.05) is 23.6 Å². The second-order valence-electron chi connectivity index (χ2n) is 4.49. The van der Waals surface area contributed by atoms with Crippen LogP contribution in [0.4, 0.5) is 11.5 Å². The number of rotatable bonds is 1. The molecular weight excluding hydrogens is 298 g/mol. The molecule has 0 radical (unpaired) electrons. The lowest BCUT2D eigenvalue weighted by Crippen LogP contribution is -2.45. The number of nitrogens with two attached hydrogens (primary N) is 1. The van der Waals surface area contributed by atoms with Gasteiger partial charge in [-0.2, -0.15) is 11.8 Å². The average molecular weight is 316 g/mol. The third-order valence-corrected chi connectivity index (χ3v) is 5.73. The molecule has 2 unspecified atom stereocenters. The van der Waals surface area contributed by atoms with Gasteiger partial charge in [0.05, 0.1) is 16.4 Å². The summed E-state index contributed by atoms with van der Waals surface area (Å²) in [7, 11) is 0. The summed E-state index contributed by atoms with van der Waals surface area (Å²) in [5, 5.41) is 0.635. The Hall–Kier alpha value is -0.420. The Bertz CT molecular complexity index is 424. The first kappa shape index (κ1) is 13.0. The van der Waals surface area contributed by atoms with Crippen LogP contribution in [0.5, 0.6) is 0 Å². The second-order valence-corrected chi connectivity index (χ2v) is 6.76. The fraction of sp³-hybridized carbons (Fsp3) is 0.583. The molecule has 94 valence electrons. The summed E-state index contributed by atoms with van der Waals surface area (Å²) in [4.78, 5) is 6.86. The summed E-state index contributed by atoms with van der Waals surface area (Å²) in [6.07, 6.45) is 1.76. The molecule has 0 spiro atoms. The third kappa shape index (κ3) is 2.40. The van der Waals surface area contributed by atoms with Crippen molar-refractivity contribution in [1.29, 1.82) is 0 Å². The highest BCUT2D eigenvalue weighted by molar-refractivity contribution is 9.10. The smallest absolute Gasteiger partial charge is 0.143 e. The van der Waals surface area contributed by atoms with E-state index in [1.807, 2.05) is 18.7 Å². The minimum absolute atomic E-state index is 0.501. The number of thioether (sulfide) groups is 1. The molecule has 2 N–H and O–H groups in total. The Kier molecular flexibility index (Phi) is 3.88. The van der Waals surface area contributed by atoms with E-state index in [4.69, 9.17) is 5.73 Å². The summed E-state index contributed by atoms with van der Waals surface area (Å²) in [5.74, 6) is 2.18. The lowest BCUT2D eigenvalue weighted by atomic mass is 10.2. The summed E-state index contributed by atoms with van der Waals surface area (Å²) < 4.78 is 1.03. The minimum Gasteiger partial charge on any atom is -0.397 e. The monoisotopic (exact) mass is 315 g/mol. The highest BCUT2D eigenvalue weighted by atomic mass is 79.9. The molecule has 1 aromatic rings.